The zero-order valence-corrected chi connectivity index (χ0v) is 12.7. The van der Waals surface area contributed by atoms with Crippen molar-refractivity contribution in [1.29, 1.82) is 0 Å². The van der Waals surface area contributed by atoms with Crippen LogP contribution in [0.2, 0.25) is 0 Å². The molecular formula is C15H23BrO. The van der Waals surface area contributed by atoms with Gasteiger partial charge in [0.2, 0.25) is 0 Å². The second-order valence-electron chi connectivity index (χ2n) is 4.91. The van der Waals surface area contributed by atoms with Crippen LogP contribution >= 0.6 is 15.9 Å². The molecule has 1 aromatic rings. The smallest absolute Gasteiger partial charge is 0.122 e. The lowest BCUT2D eigenvalue weighted by Gasteiger charge is -2.15. The Morgan fingerprint density at radius 1 is 1.12 bits per heavy atom. The first-order chi connectivity index (χ1) is 8.15. The first-order valence-electron chi connectivity index (χ1n) is 6.42. The molecule has 0 spiro atoms. The lowest BCUT2D eigenvalue weighted by molar-refractivity contribution is 0.279. The third-order valence-electron chi connectivity index (χ3n) is 3.01. The Labute approximate surface area is 114 Å². The van der Waals surface area contributed by atoms with Gasteiger partial charge in [0.15, 0.2) is 0 Å². The summed E-state index contributed by atoms with van der Waals surface area (Å²) in [6.07, 6.45) is 2.34. The van der Waals surface area contributed by atoms with Crippen molar-refractivity contribution in [3.8, 4) is 5.75 Å². The van der Waals surface area contributed by atoms with Crippen molar-refractivity contribution in [1.82, 2.24) is 0 Å². The minimum Gasteiger partial charge on any atom is -0.493 e. The summed E-state index contributed by atoms with van der Waals surface area (Å²) >= 11 is 3.48. The lowest BCUT2D eigenvalue weighted by Crippen LogP contribution is -2.06. The quantitative estimate of drug-likeness (QED) is 0.644. The van der Waals surface area contributed by atoms with Crippen molar-refractivity contribution in [2.24, 2.45) is 5.92 Å². The molecule has 17 heavy (non-hydrogen) atoms. The number of halogens is 1. The highest BCUT2D eigenvalue weighted by Gasteiger charge is 2.07. The van der Waals surface area contributed by atoms with E-state index in [4.69, 9.17) is 4.74 Å². The first kappa shape index (κ1) is 14.6. The molecule has 0 heterocycles. The molecule has 0 bridgehead atoms. The molecule has 1 rings (SSSR count). The van der Waals surface area contributed by atoms with Crippen LogP contribution in [0.3, 0.4) is 0 Å². The van der Waals surface area contributed by atoms with Crippen LogP contribution < -0.4 is 4.74 Å². The minimum absolute atomic E-state index is 0.520. The van der Waals surface area contributed by atoms with Gasteiger partial charge in [-0.15, -0.1) is 0 Å². The van der Waals surface area contributed by atoms with Crippen LogP contribution in [0.1, 0.15) is 45.1 Å². The molecule has 0 saturated heterocycles. The Bertz CT molecular complexity index is 322. The van der Waals surface area contributed by atoms with Gasteiger partial charge in [0.1, 0.15) is 5.75 Å². The number of hydrogen-bond donors (Lipinski definition) is 0. The summed E-state index contributed by atoms with van der Waals surface area (Å²) in [5, 5.41) is 1.08. The molecule has 0 amide bonds. The lowest BCUT2D eigenvalue weighted by atomic mass is 10.0. The highest BCUT2D eigenvalue weighted by molar-refractivity contribution is 9.09. The maximum Gasteiger partial charge on any atom is 0.122 e. The van der Waals surface area contributed by atoms with Gasteiger partial charge in [-0.3, -0.25) is 0 Å². The third-order valence-corrected chi connectivity index (χ3v) is 3.47. The summed E-state index contributed by atoms with van der Waals surface area (Å²) in [6, 6.07) is 8.35. The zero-order chi connectivity index (χ0) is 12.7. The maximum atomic E-state index is 5.90. The van der Waals surface area contributed by atoms with Crippen molar-refractivity contribution in [2.45, 2.75) is 39.5 Å². The van der Waals surface area contributed by atoms with Crippen molar-refractivity contribution in [3.63, 3.8) is 0 Å². The van der Waals surface area contributed by atoms with Crippen LogP contribution in [0, 0.1) is 5.92 Å². The van der Waals surface area contributed by atoms with Gasteiger partial charge in [0, 0.05) is 5.33 Å². The van der Waals surface area contributed by atoms with Crippen molar-refractivity contribution in [3.05, 3.63) is 29.8 Å². The molecule has 0 aliphatic heterocycles. The van der Waals surface area contributed by atoms with E-state index in [0.29, 0.717) is 5.92 Å². The van der Waals surface area contributed by atoms with Crippen LogP contribution in [-0.2, 0) is 0 Å². The van der Waals surface area contributed by atoms with Crippen molar-refractivity contribution in [2.75, 3.05) is 11.9 Å². The van der Waals surface area contributed by atoms with E-state index in [2.05, 4.69) is 54.9 Å². The number of ether oxygens (including phenoxy) is 1. The van der Waals surface area contributed by atoms with E-state index in [1.54, 1.807) is 0 Å². The van der Waals surface area contributed by atoms with Crippen LogP contribution in [0.5, 0.6) is 5.75 Å². The molecule has 1 atom stereocenters. The van der Waals surface area contributed by atoms with Gasteiger partial charge in [0.25, 0.3) is 0 Å². The van der Waals surface area contributed by atoms with E-state index < -0.39 is 0 Å². The summed E-state index contributed by atoms with van der Waals surface area (Å²) in [5.41, 5.74) is 1.31. The Hall–Kier alpha value is -0.500. The SMILES string of the molecule is CC(CCBr)CCOc1ccccc1C(C)C. The number of rotatable bonds is 7. The van der Waals surface area contributed by atoms with E-state index in [-0.39, 0.29) is 0 Å². The van der Waals surface area contributed by atoms with Gasteiger partial charge >= 0.3 is 0 Å². The zero-order valence-electron chi connectivity index (χ0n) is 11.1. The van der Waals surface area contributed by atoms with Crippen molar-refractivity contribution < 1.29 is 4.74 Å². The van der Waals surface area contributed by atoms with E-state index in [9.17, 15) is 0 Å². The van der Waals surface area contributed by atoms with Gasteiger partial charge in [0.05, 0.1) is 6.61 Å². The molecule has 1 unspecified atom stereocenters. The van der Waals surface area contributed by atoms with Gasteiger partial charge in [-0.1, -0.05) is 54.9 Å². The van der Waals surface area contributed by atoms with Gasteiger partial charge in [-0.2, -0.15) is 0 Å². The monoisotopic (exact) mass is 298 g/mol. The van der Waals surface area contributed by atoms with Crippen LogP contribution in [-0.4, -0.2) is 11.9 Å². The molecule has 0 fully saturated rings. The Morgan fingerprint density at radius 2 is 1.82 bits per heavy atom. The number of alkyl halides is 1. The second kappa shape index (κ2) is 7.75. The summed E-state index contributed by atoms with van der Waals surface area (Å²) in [5.74, 6) is 2.29. The fourth-order valence-corrected chi connectivity index (χ4v) is 2.57. The van der Waals surface area contributed by atoms with Crippen LogP contribution in [0.25, 0.3) is 0 Å². The minimum atomic E-state index is 0.520. The standard InChI is InChI=1S/C15H23BrO/c1-12(2)14-6-4-5-7-15(14)17-11-9-13(3)8-10-16/h4-7,12-13H,8-11H2,1-3H3. The maximum absolute atomic E-state index is 5.90. The summed E-state index contributed by atoms with van der Waals surface area (Å²) in [4.78, 5) is 0. The highest BCUT2D eigenvalue weighted by atomic mass is 79.9. The molecule has 96 valence electrons. The highest BCUT2D eigenvalue weighted by Crippen LogP contribution is 2.26. The van der Waals surface area contributed by atoms with Gasteiger partial charge in [-0.25, -0.2) is 0 Å². The van der Waals surface area contributed by atoms with E-state index >= 15 is 0 Å². The third kappa shape index (κ3) is 5.12. The van der Waals surface area contributed by atoms with Crippen molar-refractivity contribution >= 4 is 15.9 Å². The van der Waals surface area contributed by atoms with E-state index in [1.807, 2.05) is 6.07 Å². The average molecular weight is 299 g/mol. The fourth-order valence-electron chi connectivity index (χ4n) is 1.79. The van der Waals surface area contributed by atoms with E-state index in [1.165, 1.54) is 12.0 Å². The topological polar surface area (TPSA) is 9.23 Å². The number of hydrogen-bond acceptors (Lipinski definition) is 1. The Balaban J connectivity index is 2.46. The Morgan fingerprint density at radius 3 is 2.47 bits per heavy atom. The molecule has 0 N–H and O–H groups in total. The summed E-state index contributed by atoms with van der Waals surface area (Å²) in [7, 11) is 0. The number of benzene rings is 1. The molecule has 0 aromatic heterocycles. The molecule has 0 radical (unpaired) electrons. The van der Waals surface area contributed by atoms with E-state index in [0.717, 1.165) is 30.0 Å². The molecule has 0 saturated carbocycles. The fraction of sp³-hybridized carbons (Fsp3) is 0.600. The largest absolute Gasteiger partial charge is 0.493 e. The number of para-hydroxylation sites is 1. The first-order valence-corrected chi connectivity index (χ1v) is 7.55. The molecule has 0 aliphatic carbocycles. The molecule has 1 aromatic carbocycles. The molecular weight excluding hydrogens is 276 g/mol. The predicted molar refractivity (Wildman–Crippen MR) is 78.2 cm³/mol. The summed E-state index contributed by atoms with van der Waals surface area (Å²) in [6.45, 7) is 7.50. The normalized spacial score (nSPS) is 12.8. The average Bonchev–Trinajstić information content (AvgIpc) is 2.30. The van der Waals surface area contributed by atoms with Crippen LogP contribution in [0.4, 0.5) is 0 Å². The second-order valence-corrected chi connectivity index (χ2v) is 5.71. The molecule has 2 heteroatoms. The van der Waals surface area contributed by atoms with Gasteiger partial charge in [-0.05, 0) is 36.3 Å². The molecule has 1 nitrogen and oxygen atoms in total. The Kier molecular flexibility index (Phi) is 6.64. The van der Waals surface area contributed by atoms with Gasteiger partial charge < -0.3 is 4.74 Å². The predicted octanol–water partition coefficient (Wildman–Crippen LogP) is 5.00. The van der Waals surface area contributed by atoms with Crippen LogP contribution in [0.15, 0.2) is 24.3 Å². The molecule has 0 aliphatic rings. The summed E-state index contributed by atoms with van der Waals surface area (Å²) < 4.78 is 5.90.